The molecule has 0 aromatic heterocycles. The number of hydrogen-bond acceptors (Lipinski definition) is 1. The summed E-state index contributed by atoms with van der Waals surface area (Å²) in [5, 5.41) is 0. The number of rotatable bonds is 13. The molecule has 19 heavy (non-hydrogen) atoms. The van der Waals surface area contributed by atoms with Gasteiger partial charge in [-0.1, -0.05) is 0 Å². The van der Waals surface area contributed by atoms with Gasteiger partial charge in [-0.05, 0) is 0 Å². The molecule has 1 nitrogen and oxygen atoms in total. The number of Topliss-reactive ketones (excluding diaryl/α,β-unsaturated/α-hetero) is 1. The molecule has 0 aliphatic carbocycles. The van der Waals surface area contributed by atoms with Crippen LogP contribution < -0.4 is 0 Å². The molecule has 0 aliphatic rings. The van der Waals surface area contributed by atoms with Crippen molar-refractivity contribution in [3.63, 3.8) is 0 Å². The van der Waals surface area contributed by atoms with Crippen molar-refractivity contribution >= 4 is 24.2 Å². The fourth-order valence-corrected chi connectivity index (χ4v) is 19.1. The molecule has 0 heterocycles. The van der Waals surface area contributed by atoms with E-state index in [9.17, 15) is 4.79 Å². The summed E-state index contributed by atoms with van der Waals surface area (Å²) < 4.78 is 5.48. The van der Waals surface area contributed by atoms with Crippen LogP contribution in [0.5, 0.6) is 0 Å². The van der Waals surface area contributed by atoms with Gasteiger partial charge in [-0.25, -0.2) is 0 Å². The van der Waals surface area contributed by atoms with E-state index in [1.54, 1.807) is 0 Å². The molecule has 0 unspecified atom stereocenters. The summed E-state index contributed by atoms with van der Waals surface area (Å²) in [7, 11) is 0. The zero-order valence-electron chi connectivity index (χ0n) is 13.9. The van der Waals surface area contributed by atoms with Crippen molar-refractivity contribution in [3.8, 4) is 0 Å². The van der Waals surface area contributed by atoms with Gasteiger partial charge in [-0.15, -0.1) is 0 Å². The van der Waals surface area contributed by atoms with Gasteiger partial charge in [0, 0.05) is 0 Å². The second-order valence-corrected chi connectivity index (χ2v) is 20.1. The fourth-order valence-electron chi connectivity index (χ4n) is 3.08. The van der Waals surface area contributed by atoms with E-state index in [-0.39, 0.29) is 0 Å². The first-order valence-corrected chi connectivity index (χ1v) is 16.7. The van der Waals surface area contributed by atoms with Gasteiger partial charge in [0.1, 0.15) is 0 Å². The summed E-state index contributed by atoms with van der Waals surface area (Å²) in [5.41, 5.74) is 0. The second kappa shape index (κ2) is 12.2. The summed E-state index contributed by atoms with van der Waals surface area (Å²) in [6.45, 7) is 9.03. The quantitative estimate of drug-likeness (QED) is 0.350. The Bertz CT molecular complexity index is 204. The first-order chi connectivity index (χ1) is 9.14. The topological polar surface area (TPSA) is 17.1 Å². The third-order valence-corrected chi connectivity index (χ3v) is 19.7. The Morgan fingerprint density at radius 2 is 1.16 bits per heavy atom. The van der Waals surface area contributed by atoms with E-state index in [2.05, 4.69) is 27.7 Å². The van der Waals surface area contributed by atoms with Crippen LogP contribution in [0.15, 0.2) is 0 Å². The molecule has 2 heteroatoms. The van der Waals surface area contributed by atoms with Gasteiger partial charge in [0.2, 0.25) is 0 Å². The number of unbranched alkanes of at least 4 members (excludes halogenated alkanes) is 3. The van der Waals surface area contributed by atoms with Gasteiger partial charge in [0.05, 0.1) is 0 Å². The van der Waals surface area contributed by atoms with Crippen molar-refractivity contribution < 1.29 is 4.79 Å². The summed E-state index contributed by atoms with van der Waals surface area (Å²) in [4.78, 5) is 12.2. The zero-order chi connectivity index (χ0) is 14.6. The minimum atomic E-state index is -2.15. The van der Waals surface area contributed by atoms with E-state index >= 15 is 0 Å². The van der Waals surface area contributed by atoms with Crippen molar-refractivity contribution in [2.75, 3.05) is 0 Å². The van der Waals surface area contributed by atoms with E-state index in [0.29, 0.717) is 5.78 Å². The maximum atomic E-state index is 12.2. The third kappa shape index (κ3) is 9.09. The van der Waals surface area contributed by atoms with E-state index in [0.717, 1.165) is 17.3 Å². The molecular formula is C17H36OSn. The van der Waals surface area contributed by atoms with Gasteiger partial charge >= 0.3 is 126 Å². The molecule has 0 N–H and O–H groups in total. The molecule has 0 spiro atoms. The Hall–Kier alpha value is 0.469. The summed E-state index contributed by atoms with van der Waals surface area (Å²) >= 11 is -2.15. The van der Waals surface area contributed by atoms with Crippen LogP contribution in [0.2, 0.25) is 17.7 Å². The molecule has 0 aromatic rings. The van der Waals surface area contributed by atoms with E-state index in [1.807, 2.05) is 0 Å². The molecule has 0 fully saturated rings. The van der Waals surface area contributed by atoms with Gasteiger partial charge in [0.15, 0.2) is 0 Å². The van der Waals surface area contributed by atoms with Crippen molar-refractivity contribution in [1.82, 2.24) is 0 Å². The van der Waals surface area contributed by atoms with Gasteiger partial charge in [-0.2, -0.15) is 0 Å². The van der Waals surface area contributed by atoms with Crippen LogP contribution >= 0.6 is 0 Å². The van der Waals surface area contributed by atoms with Crippen molar-refractivity contribution in [3.05, 3.63) is 0 Å². The Labute approximate surface area is 125 Å². The van der Waals surface area contributed by atoms with Crippen LogP contribution in [-0.4, -0.2) is 24.2 Å². The second-order valence-electron chi connectivity index (χ2n) is 6.28. The first-order valence-electron chi connectivity index (χ1n) is 8.65. The summed E-state index contributed by atoms with van der Waals surface area (Å²) in [6, 6.07) is 0. The molecule has 0 aliphatic heterocycles. The summed E-state index contributed by atoms with van der Waals surface area (Å²) in [5.74, 6) is 0.599. The standard InChI is InChI=1S/C5H9O.3C4H9.Sn/c1-3-4-5(2)6;3*1-3-4-2;/h2-4H2,1H3;3*1,3-4H2,2H3;. The first kappa shape index (κ1) is 19.5. The molecule has 114 valence electrons. The van der Waals surface area contributed by atoms with Crippen molar-refractivity contribution in [2.45, 2.75) is 96.8 Å². The average Bonchev–Trinajstić information content (AvgIpc) is 2.40. The molecule has 0 saturated heterocycles. The van der Waals surface area contributed by atoms with E-state index in [4.69, 9.17) is 0 Å². The van der Waals surface area contributed by atoms with Crippen LogP contribution in [0, 0.1) is 0 Å². The normalized spacial score (nSPS) is 11.8. The maximum absolute atomic E-state index is 12.2. The zero-order valence-corrected chi connectivity index (χ0v) is 16.7. The van der Waals surface area contributed by atoms with Gasteiger partial charge in [0.25, 0.3) is 0 Å². The average molecular weight is 375 g/mol. The van der Waals surface area contributed by atoms with Crippen LogP contribution in [0.25, 0.3) is 0 Å². The van der Waals surface area contributed by atoms with Crippen LogP contribution in [0.1, 0.15) is 79.1 Å². The van der Waals surface area contributed by atoms with Crippen LogP contribution in [0.4, 0.5) is 0 Å². The third-order valence-electron chi connectivity index (χ3n) is 4.28. The van der Waals surface area contributed by atoms with E-state index < -0.39 is 18.4 Å². The van der Waals surface area contributed by atoms with Crippen LogP contribution in [0.3, 0.4) is 0 Å². The molecule has 0 aromatic carbocycles. The SMILES string of the molecule is CCC[CH2][Sn]([CH2]CCC)([CH2]CCC)[CH2]C(=O)CCC. The molecule has 0 bridgehead atoms. The molecule has 0 rings (SSSR count). The molecule has 0 saturated carbocycles. The van der Waals surface area contributed by atoms with Gasteiger partial charge in [-0.3, -0.25) is 0 Å². The number of carbonyl (C=O) groups is 1. The Kier molecular flexibility index (Phi) is 12.5. The van der Waals surface area contributed by atoms with Crippen molar-refractivity contribution in [2.24, 2.45) is 0 Å². The predicted molar refractivity (Wildman–Crippen MR) is 89.6 cm³/mol. The van der Waals surface area contributed by atoms with E-state index in [1.165, 1.54) is 51.8 Å². The van der Waals surface area contributed by atoms with Crippen LogP contribution in [-0.2, 0) is 4.79 Å². The predicted octanol–water partition coefficient (Wildman–Crippen LogP) is 6.20. The Balaban J connectivity index is 4.70. The Morgan fingerprint density at radius 3 is 1.47 bits per heavy atom. The number of ketones is 1. The molecule has 0 atom stereocenters. The molecule has 0 amide bonds. The molecular weight excluding hydrogens is 339 g/mol. The number of hydrogen-bond donors (Lipinski definition) is 0. The monoisotopic (exact) mass is 376 g/mol. The van der Waals surface area contributed by atoms with Gasteiger partial charge < -0.3 is 0 Å². The fraction of sp³-hybridized carbons (Fsp3) is 0.941. The summed E-state index contributed by atoms with van der Waals surface area (Å²) in [6.07, 6.45) is 9.92. The van der Waals surface area contributed by atoms with Crippen molar-refractivity contribution in [1.29, 1.82) is 0 Å². The Morgan fingerprint density at radius 1 is 0.737 bits per heavy atom. The molecule has 0 radical (unpaired) electrons. The number of carbonyl (C=O) groups excluding carboxylic acids is 1. The minimum absolute atomic E-state index is 0.599.